The highest BCUT2D eigenvalue weighted by Gasteiger charge is 2.13. The van der Waals surface area contributed by atoms with Gasteiger partial charge in [-0.15, -0.1) is 0 Å². The van der Waals surface area contributed by atoms with Crippen LogP contribution in [-0.4, -0.2) is 43.2 Å². The maximum atomic E-state index is 10.2. The summed E-state index contributed by atoms with van der Waals surface area (Å²) in [6, 6.07) is 0.321. The van der Waals surface area contributed by atoms with Crippen LogP contribution in [0.15, 0.2) is 0 Å². The van der Waals surface area contributed by atoms with E-state index < -0.39 is 0 Å². The van der Waals surface area contributed by atoms with Crippen LogP contribution < -0.4 is 5.73 Å². The number of amides is 1. The first-order valence-corrected chi connectivity index (χ1v) is 7.66. The Balaban J connectivity index is 0. The zero-order chi connectivity index (χ0) is 16.2. The van der Waals surface area contributed by atoms with Crippen molar-refractivity contribution in [3.05, 3.63) is 0 Å². The summed E-state index contributed by atoms with van der Waals surface area (Å²) < 4.78 is 4.94. The van der Waals surface area contributed by atoms with Crippen LogP contribution >= 0.6 is 0 Å². The molecular formula is C16H36N2O2. The van der Waals surface area contributed by atoms with Crippen molar-refractivity contribution < 1.29 is 9.53 Å². The van der Waals surface area contributed by atoms with Crippen LogP contribution in [0.4, 0.5) is 0 Å². The van der Waals surface area contributed by atoms with Crippen molar-refractivity contribution in [2.75, 3.05) is 20.2 Å². The van der Waals surface area contributed by atoms with E-state index in [0.29, 0.717) is 6.04 Å². The van der Waals surface area contributed by atoms with Gasteiger partial charge in [-0.2, -0.15) is 0 Å². The van der Waals surface area contributed by atoms with Crippen molar-refractivity contribution in [3.8, 4) is 0 Å². The zero-order valence-corrected chi connectivity index (χ0v) is 14.6. The molecule has 1 aliphatic heterocycles. The maximum Gasteiger partial charge on any atom is 0.209 e. The number of ether oxygens (including phenoxy) is 1. The number of methoxy groups -OCH3 is 1. The molecule has 20 heavy (non-hydrogen) atoms. The average Bonchev–Trinajstić information content (AvgIpc) is 2.40. The van der Waals surface area contributed by atoms with E-state index in [0.717, 1.165) is 38.3 Å². The van der Waals surface area contributed by atoms with Gasteiger partial charge in [0.1, 0.15) is 0 Å². The second kappa shape index (κ2) is 12.2. The molecule has 0 aliphatic carbocycles. The highest BCUT2D eigenvalue weighted by Crippen LogP contribution is 2.04. The van der Waals surface area contributed by atoms with Crippen molar-refractivity contribution in [2.24, 2.45) is 11.7 Å². The summed E-state index contributed by atoms with van der Waals surface area (Å²) in [5.74, 6) is 0.884. The smallest absolute Gasteiger partial charge is 0.209 e. The lowest BCUT2D eigenvalue weighted by Crippen LogP contribution is -2.38. The summed E-state index contributed by atoms with van der Waals surface area (Å²) in [6.45, 7) is 14.4. The molecule has 1 fully saturated rings. The molecule has 1 rings (SSSR count). The number of hydrogen-bond donors (Lipinski definition) is 1. The largest absolute Gasteiger partial charge is 0.379 e. The number of nitrogens with zero attached hydrogens (tertiary/aromatic N) is 1. The number of carbonyl (C=O) groups excluding carboxylic acids is 1. The Kier molecular flexibility index (Phi) is 13.2. The fourth-order valence-electron chi connectivity index (χ4n) is 1.02. The Morgan fingerprint density at radius 1 is 1.30 bits per heavy atom. The summed E-state index contributed by atoms with van der Waals surface area (Å²) in [4.78, 5) is 11.9. The molecule has 0 aromatic carbocycles. The van der Waals surface area contributed by atoms with E-state index in [1.54, 1.807) is 12.0 Å². The molecule has 0 radical (unpaired) electrons. The molecule has 1 saturated heterocycles. The summed E-state index contributed by atoms with van der Waals surface area (Å²) >= 11 is 0. The van der Waals surface area contributed by atoms with Gasteiger partial charge >= 0.3 is 0 Å². The maximum absolute atomic E-state index is 10.2. The van der Waals surface area contributed by atoms with Crippen LogP contribution in [0.25, 0.3) is 0 Å². The van der Waals surface area contributed by atoms with Crippen molar-refractivity contribution in [2.45, 2.75) is 72.4 Å². The first-order chi connectivity index (χ1) is 9.16. The summed E-state index contributed by atoms with van der Waals surface area (Å²) in [5.41, 5.74) is 5.65. The monoisotopic (exact) mass is 288 g/mol. The average molecular weight is 288 g/mol. The van der Waals surface area contributed by atoms with Crippen LogP contribution in [0, 0.1) is 5.92 Å². The van der Waals surface area contributed by atoms with Crippen LogP contribution in [0.5, 0.6) is 0 Å². The van der Waals surface area contributed by atoms with Gasteiger partial charge in [0.25, 0.3) is 0 Å². The van der Waals surface area contributed by atoms with Crippen molar-refractivity contribution in [1.82, 2.24) is 4.90 Å². The number of hydrogen-bond acceptors (Lipinski definition) is 3. The minimum atomic E-state index is 0.0417. The fourth-order valence-corrected chi connectivity index (χ4v) is 1.02. The predicted molar refractivity (Wildman–Crippen MR) is 86.7 cm³/mol. The first-order valence-electron chi connectivity index (χ1n) is 7.66. The van der Waals surface area contributed by atoms with Crippen molar-refractivity contribution in [3.63, 3.8) is 0 Å². The van der Waals surface area contributed by atoms with Crippen LogP contribution in [0.3, 0.4) is 0 Å². The molecular weight excluding hydrogens is 252 g/mol. The molecule has 0 bridgehead atoms. The number of likely N-dealkylation sites (tertiary alicyclic amines) is 1. The highest BCUT2D eigenvalue weighted by molar-refractivity contribution is 5.47. The van der Waals surface area contributed by atoms with Gasteiger partial charge in [-0.05, 0) is 39.5 Å². The third-order valence-corrected chi connectivity index (χ3v) is 3.15. The molecule has 122 valence electrons. The minimum absolute atomic E-state index is 0.0417. The third-order valence-electron chi connectivity index (χ3n) is 3.15. The van der Waals surface area contributed by atoms with E-state index in [1.165, 1.54) is 6.42 Å². The molecule has 1 heterocycles. The summed E-state index contributed by atoms with van der Waals surface area (Å²) in [5, 5.41) is 0. The van der Waals surface area contributed by atoms with Gasteiger partial charge < -0.3 is 15.4 Å². The van der Waals surface area contributed by atoms with Crippen molar-refractivity contribution >= 4 is 6.41 Å². The molecule has 0 unspecified atom stereocenters. The third kappa shape index (κ3) is 17.4. The molecule has 4 nitrogen and oxygen atoms in total. The number of piperidine rings is 1. The standard InChI is InChI=1S/C6H12N2O.C5H12O.C5H12/c7-6-1-3-8(5-9)4-2-6;1-5(2,3)6-4;1-4-5(2)3/h5-6H,1-4,7H2;1-4H3;5H,4H2,1-3H3. The van der Waals surface area contributed by atoms with Gasteiger partial charge in [0.15, 0.2) is 0 Å². The Labute approximate surface area is 126 Å². The highest BCUT2D eigenvalue weighted by atomic mass is 16.5. The lowest BCUT2D eigenvalue weighted by atomic mass is 10.1. The molecule has 0 aromatic rings. The Hall–Kier alpha value is -0.610. The molecule has 4 heteroatoms. The predicted octanol–water partition coefficient (Wildman–Crippen LogP) is 3.05. The van der Waals surface area contributed by atoms with Gasteiger partial charge in [0.05, 0.1) is 5.60 Å². The molecule has 2 N–H and O–H groups in total. The summed E-state index contributed by atoms with van der Waals surface area (Å²) in [6.07, 6.45) is 4.11. The van der Waals surface area contributed by atoms with Gasteiger partial charge in [0, 0.05) is 26.2 Å². The van der Waals surface area contributed by atoms with Gasteiger partial charge in [-0.3, -0.25) is 4.79 Å². The van der Waals surface area contributed by atoms with E-state index in [1.807, 2.05) is 20.8 Å². The number of nitrogens with two attached hydrogens (primary N) is 1. The lowest BCUT2D eigenvalue weighted by Gasteiger charge is -2.26. The summed E-state index contributed by atoms with van der Waals surface area (Å²) in [7, 11) is 1.71. The fraction of sp³-hybridized carbons (Fsp3) is 0.938. The lowest BCUT2D eigenvalue weighted by molar-refractivity contribution is -0.119. The number of carbonyl (C=O) groups is 1. The van der Waals surface area contributed by atoms with Crippen LogP contribution in [-0.2, 0) is 9.53 Å². The molecule has 1 aliphatic rings. The Bertz CT molecular complexity index is 217. The second-order valence-electron chi connectivity index (χ2n) is 6.60. The quantitative estimate of drug-likeness (QED) is 0.795. The Morgan fingerprint density at radius 2 is 1.65 bits per heavy atom. The van der Waals surface area contributed by atoms with Crippen LogP contribution in [0.2, 0.25) is 0 Å². The zero-order valence-electron chi connectivity index (χ0n) is 14.6. The topological polar surface area (TPSA) is 55.6 Å². The molecule has 0 aromatic heterocycles. The molecule has 0 atom stereocenters. The molecule has 0 spiro atoms. The Morgan fingerprint density at radius 3 is 1.85 bits per heavy atom. The van der Waals surface area contributed by atoms with E-state index in [-0.39, 0.29) is 5.60 Å². The SMILES string of the molecule is CCC(C)C.COC(C)(C)C.NC1CCN(C=O)CC1. The van der Waals surface area contributed by atoms with Crippen LogP contribution in [0.1, 0.15) is 60.8 Å². The van der Waals surface area contributed by atoms with Gasteiger partial charge in [-0.1, -0.05) is 27.2 Å². The number of rotatable bonds is 2. The minimum Gasteiger partial charge on any atom is -0.379 e. The second-order valence-corrected chi connectivity index (χ2v) is 6.60. The van der Waals surface area contributed by atoms with E-state index in [2.05, 4.69) is 20.8 Å². The normalized spacial score (nSPS) is 15.9. The van der Waals surface area contributed by atoms with E-state index >= 15 is 0 Å². The molecule has 1 amide bonds. The molecule has 0 saturated carbocycles. The van der Waals surface area contributed by atoms with Gasteiger partial charge in [-0.25, -0.2) is 0 Å². The van der Waals surface area contributed by atoms with E-state index in [4.69, 9.17) is 10.5 Å². The first kappa shape index (κ1) is 21.7. The van der Waals surface area contributed by atoms with E-state index in [9.17, 15) is 4.79 Å². The van der Waals surface area contributed by atoms with Gasteiger partial charge in [0.2, 0.25) is 6.41 Å². The van der Waals surface area contributed by atoms with Crippen molar-refractivity contribution in [1.29, 1.82) is 0 Å².